The summed E-state index contributed by atoms with van der Waals surface area (Å²) < 4.78 is 3.20. The van der Waals surface area contributed by atoms with E-state index in [1.165, 1.54) is 41.3 Å². The van der Waals surface area contributed by atoms with Crippen LogP contribution in [-0.2, 0) is 6.42 Å². The number of benzene rings is 3. The van der Waals surface area contributed by atoms with E-state index in [2.05, 4.69) is 83.0 Å². The number of hydrogen-bond donors (Lipinski definition) is 1. The molecule has 4 rings (SSSR count). The van der Waals surface area contributed by atoms with E-state index in [4.69, 9.17) is 0 Å². The number of rotatable bonds is 2. The van der Waals surface area contributed by atoms with Crippen LogP contribution in [0.15, 0.2) is 45.3 Å². The van der Waals surface area contributed by atoms with Crippen LogP contribution in [0.2, 0.25) is 0 Å². The molecule has 0 atom stereocenters. The summed E-state index contributed by atoms with van der Waals surface area (Å²) in [5.74, 6) is 0.340. The van der Waals surface area contributed by atoms with Crippen LogP contribution in [0.25, 0.3) is 32.0 Å². The van der Waals surface area contributed by atoms with Crippen molar-refractivity contribution in [3.05, 3.63) is 61.3 Å². The predicted molar refractivity (Wildman–Crippen MR) is 121 cm³/mol. The first-order chi connectivity index (χ1) is 12.4. The zero-order chi connectivity index (χ0) is 18.6. The van der Waals surface area contributed by atoms with Gasteiger partial charge < -0.3 is 5.11 Å². The minimum Gasteiger partial charge on any atom is -0.506 e. The number of thiophene rings is 1. The largest absolute Gasteiger partial charge is 0.506 e. The third kappa shape index (κ3) is 2.62. The molecule has 0 saturated heterocycles. The lowest BCUT2D eigenvalue weighted by Crippen LogP contribution is -1.90. The number of hydrogen-bond acceptors (Lipinski definition) is 2. The lowest BCUT2D eigenvalue weighted by atomic mass is 9.91. The standard InChI is InChI=1S/C22H18Br2OS/c1-4-13-9-14(10-17(23)21(13)25)19-15-7-5-6-8-16(15)20(24)22-18(19)11(2)12(3)26-22/h5-10,25H,4H2,1-3H3. The van der Waals surface area contributed by atoms with Crippen molar-refractivity contribution in [2.45, 2.75) is 27.2 Å². The van der Waals surface area contributed by atoms with Gasteiger partial charge in [0.1, 0.15) is 5.75 Å². The Kier molecular flexibility index (Phi) is 4.62. The fraction of sp³-hybridized carbons (Fsp3) is 0.182. The first-order valence-corrected chi connectivity index (χ1v) is 11.0. The van der Waals surface area contributed by atoms with Gasteiger partial charge in [0.15, 0.2) is 0 Å². The van der Waals surface area contributed by atoms with E-state index in [0.717, 1.165) is 22.0 Å². The molecular formula is C22H18Br2OS. The van der Waals surface area contributed by atoms with Crippen molar-refractivity contribution in [1.29, 1.82) is 0 Å². The first-order valence-electron chi connectivity index (χ1n) is 8.55. The van der Waals surface area contributed by atoms with Crippen molar-refractivity contribution in [2.24, 2.45) is 0 Å². The van der Waals surface area contributed by atoms with Gasteiger partial charge in [-0.1, -0.05) is 31.2 Å². The highest BCUT2D eigenvalue weighted by Gasteiger charge is 2.20. The highest BCUT2D eigenvalue weighted by molar-refractivity contribution is 9.11. The molecule has 1 heterocycles. The summed E-state index contributed by atoms with van der Waals surface area (Å²) in [6, 6.07) is 12.7. The minimum atomic E-state index is 0.340. The summed E-state index contributed by atoms with van der Waals surface area (Å²) in [5, 5.41) is 14.1. The average molecular weight is 490 g/mol. The Hall–Kier alpha value is -1.36. The maximum Gasteiger partial charge on any atom is 0.132 e. The molecule has 0 unspecified atom stereocenters. The summed E-state index contributed by atoms with van der Waals surface area (Å²) in [4.78, 5) is 1.34. The van der Waals surface area contributed by atoms with Crippen molar-refractivity contribution >= 4 is 64.1 Å². The molecule has 4 aromatic rings. The number of fused-ring (bicyclic) bond motifs is 2. The van der Waals surface area contributed by atoms with Gasteiger partial charge in [0.2, 0.25) is 0 Å². The van der Waals surface area contributed by atoms with Gasteiger partial charge in [-0.15, -0.1) is 11.3 Å². The Labute approximate surface area is 173 Å². The Balaban J connectivity index is 2.25. The van der Waals surface area contributed by atoms with Gasteiger partial charge in [-0.2, -0.15) is 0 Å². The van der Waals surface area contributed by atoms with Gasteiger partial charge >= 0.3 is 0 Å². The molecule has 0 spiro atoms. The van der Waals surface area contributed by atoms with Crippen LogP contribution >= 0.6 is 43.2 Å². The van der Waals surface area contributed by atoms with Crippen LogP contribution in [0, 0.1) is 13.8 Å². The second-order valence-electron chi connectivity index (χ2n) is 6.54. The third-order valence-corrected chi connectivity index (χ3v) is 7.99. The van der Waals surface area contributed by atoms with Crippen LogP contribution in [0.4, 0.5) is 0 Å². The topological polar surface area (TPSA) is 20.2 Å². The molecule has 0 aliphatic rings. The Morgan fingerprint density at radius 2 is 1.73 bits per heavy atom. The van der Waals surface area contributed by atoms with Crippen LogP contribution in [0.3, 0.4) is 0 Å². The maximum atomic E-state index is 10.3. The Bertz CT molecular complexity index is 1170. The highest BCUT2D eigenvalue weighted by atomic mass is 79.9. The molecule has 1 aromatic heterocycles. The van der Waals surface area contributed by atoms with Crippen LogP contribution < -0.4 is 0 Å². The number of aryl methyl sites for hydroxylation is 3. The van der Waals surface area contributed by atoms with Crippen molar-refractivity contribution in [2.75, 3.05) is 0 Å². The highest BCUT2D eigenvalue weighted by Crippen LogP contribution is 2.48. The van der Waals surface area contributed by atoms with E-state index in [-0.39, 0.29) is 0 Å². The van der Waals surface area contributed by atoms with Crippen molar-refractivity contribution in [1.82, 2.24) is 0 Å². The molecular weight excluding hydrogens is 472 g/mol. The number of halogens is 2. The normalized spacial score (nSPS) is 11.6. The van der Waals surface area contributed by atoms with Gasteiger partial charge in [-0.25, -0.2) is 0 Å². The van der Waals surface area contributed by atoms with Crippen molar-refractivity contribution in [3.63, 3.8) is 0 Å². The third-order valence-electron chi connectivity index (χ3n) is 5.08. The molecule has 132 valence electrons. The molecule has 3 aromatic carbocycles. The molecule has 4 heteroatoms. The molecule has 0 aliphatic heterocycles. The quantitative estimate of drug-likeness (QED) is 0.301. The van der Waals surface area contributed by atoms with E-state index in [0.29, 0.717) is 5.75 Å². The van der Waals surface area contributed by atoms with Crippen molar-refractivity contribution in [3.8, 4) is 16.9 Å². The summed E-state index contributed by atoms with van der Waals surface area (Å²) in [5.41, 5.74) is 4.67. The van der Waals surface area contributed by atoms with Gasteiger partial charge in [0, 0.05) is 14.7 Å². The fourth-order valence-electron chi connectivity index (χ4n) is 3.60. The van der Waals surface area contributed by atoms with Gasteiger partial charge in [0.05, 0.1) is 9.17 Å². The molecule has 0 saturated carbocycles. The summed E-state index contributed by atoms with van der Waals surface area (Å²) in [7, 11) is 0. The second kappa shape index (κ2) is 6.66. The van der Waals surface area contributed by atoms with E-state index in [1.807, 2.05) is 17.4 Å². The smallest absolute Gasteiger partial charge is 0.132 e. The monoisotopic (exact) mass is 488 g/mol. The van der Waals surface area contributed by atoms with Gasteiger partial charge in [-0.05, 0) is 97.3 Å². The zero-order valence-electron chi connectivity index (χ0n) is 14.8. The summed E-state index contributed by atoms with van der Waals surface area (Å²) in [6.07, 6.45) is 0.789. The minimum absolute atomic E-state index is 0.340. The van der Waals surface area contributed by atoms with Gasteiger partial charge in [0.25, 0.3) is 0 Å². The van der Waals surface area contributed by atoms with E-state index in [1.54, 1.807) is 0 Å². The number of aromatic hydroxyl groups is 1. The second-order valence-corrected chi connectivity index (χ2v) is 9.41. The van der Waals surface area contributed by atoms with Gasteiger partial charge in [-0.3, -0.25) is 0 Å². The van der Waals surface area contributed by atoms with Crippen LogP contribution in [0.5, 0.6) is 5.75 Å². The van der Waals surface area contributed by atoms with Crippen molar-refractivity contribution < 1.29 is 5.11 Å². The molecule has 26 heavy (non-hydrogen) atoms. The lowest BCUT2D eigenvalue weighted by Gasteiger charge is -2.15. The zero-order valence-corrected chi connectivity index (χ0v) is 18.8. The molecule has 0 aliphatic carbocycles. The molecule has 0 radical (unpaired) electrons. The SMILES string of the molecule is CCc1cc(-c2c3ccccc3c(Br)c3sc(C)c(C)c23)cc(Br)c1O. The summed E-state index contributed by atoms with van der Waals surface area (Å²) in [6.45, 7) is 6.46. The predicted octanol–water partition coefficient (Wildman–Crippen LogP) is 8.13. The molecule has 1 nitrogen and oxygen atoms in total. The molecule has 0 bridgehead atoms. The fourth-order valence-corrected chi connectivity index (χ4v) is 6.01. The number of phenolic OH excluding ortho intramolecular Hbond substituents is 1. The molecule has 0 amide bonds. The van der Waals surface area contributed by atoms with E-state index < -0.39 is 0 Å². The summed E-state index contributed by atoms with van der Waals surface area (Å²) >= 11 is 9.24. The number of phenols is 1. The van der Waals surface area contributed by atoms with E-state index >= 15 is 0 Å². The molecule has 1 N–H and O–H groups in total. The lowest BCUT2D eigenvalue weighted by molar-refractivity contribution is 0.465. The maximum absolute atomic E-state index is 10.3. The van der Waals surface area contributed by atoms with Crippen LogP contribution in [-0.4, -0.2) is 5.11 Å². The molecule has 0 fully saturated rings. The Morgan fingerprint density at radius 3 is 2.42 bits per heavy atom. The first kappa shape index (κ1) is 18.0. The van der Waals surface area contributed by atoms with Crippen LogP contribution in [0.1, 0.15) is 22.9 Å². The van der Waals surface area contributed by atoms with E-state index in [9.17, 15) is 5.11 Å². The average Bonchev–Trinajstić information content (AvgIpc) is 2.93. The Morgan fingerprint density at radius 1 is 1.04 bits per heavy atom.